The van der Waals surface area contributed by atoms with Gasteiger partial charge in [-0.15, -0.1) is 0 Å². The molecule has 1 aromatic heterocycles. The zero-order valence-corrected chi connectivity index (χ0v) is 14.6. The molecule has 3 aromatic rings. The van der Waals surface area contributed by atoms with Crippen molar-refractivity contribution in [1.29, 1.82) is 0 Å². The van der Waals surface area contributed by atoms with E-state index in [1.807, 2.05) is 72.3 Å². The molecular formula is C21H18ClNO2. The number of rotatable bonds is 5. The average Bonchev–Trinajstić information content (AvgIpc) is 3.06. The molecule has 1 N–H and O–H groups in total. The molecule has 0 saturated heterocycles. The van der Waals surface area contributed by atoms with Crippen molar-refractivity contribution >= 4 is 23.5 Å². The predicted octanol–water partition coefficient (Wildman–Crippen LogP) is 5.10. The molecule has 0 aliphatic carbocycles. The molecule has 0 radical (unpaired) electrons. The summed E-state index contributed by atoms with van der Waals surface area (Å²) in [5.41, 5.74) is 3.30. The number of ketones is 1. The Morgan fingerprint density at radius 3 is 2.64 bits per heavy atom. The third-order valence-electron chi connectivity index (χ3n) is 3.96. The van der Waals surface area contributed by atoms with E-state index in [9.17, 15) is 9.90 Å². The Labute approximate surface area is 151 Å². The van der Waals surface area contributed by atoms with Crippen LogP contribution >= 0.6 is 11.6 Å². The summed E-state index contributed by atoms with van der Waals surface area (Å²) in [7, 11) is 0. The fourth-order valence-electron chi connectivity index (χ4n) is 2.57. The summed E-state index contributed by atoms with van der Waals surface area (Å²) in [6, 6.07) is 16.3. The average molecular weight is 352 g/mol. The first-order valence-corrected chi connectivity index (χ1v) is 8.34. The van der Waals surface area contributed by atoms with Gasteiger partial charge in [-0.05, 0) is 36.8 Å². The number of carbonyl (C=O) groups excluding carboxylic acids is 1. The maximum atomic E-state index is 12.7. The zero-order chi connectivity index (χ0) is 17.8. The molecule has 0 amide bonds. The molecule has 0 aliphatic heterocycles. The number of halogens is 1. The van der Waals surface area contributed by atoms with Crippen LogP contribution in [0.25, 0.3) is 6.08 Å². The van der Waals surface area contributed by atoms with Gasteiger partial charge in [-0.3, -0.25) is 4.79 Å². The number of nitrogens with zero attached hydrogens (tertiary/aromatic N) is 1. The summed E-state index contributed by atoms with van der Waals surface area (Å²) in [5, 5.41) is 9.96. The minimum atomic E-state index is 0.00235. The van der Waals surface area contributed by atoms with Crippen LogP contribution in [0, 0.1) is 6.92 Å². The van der Waals surface area contributed by atoms with Crippen LogP contribution in [-0.4, -0.2) is 15.5 Å². The van der Waals surface area contributed by atoms with Gasteiger partial charge in [-0.1, -0.05) is 59.6 Å². The van der Waals surface area contributed by atoms with Crippen molar-refractivity contribution in [1.82, 2.24) is 4.57 Å². The quantitative estimate of drug-likeness (QED) is 0.650. The molecule has 3 rings (SSSR count). The highest BCUT2D eigenvalue weighted by molar-refractivity contribution is 6.32. The number of phenols is 1. The van der Waals surface area contributed by atoms with Crippen molar-refractivity contribution in [3.8, 4) is 5.75 Å². The Morgan fingerprint density at radius 1 is 1.16 bits per heavy atom. The van der Waals surface area contributed by atoms with Crippen molar-refractivity contribution in [2.45, 2.75) is 13.5 Å². The first kappa shape index (κ1) is 17.1. The second-order valence-electron chi connectivity index (χ2n) is 5.85. The Kier molecular flexibility index (Phi) is 5.05. The van der Waals surface area contributed by atoms with Crippen LogP contribution in [0.2, 0.25) is 5.02 Å². The lowest BCUT2D eigenvalue weighted by molar-refractivity contribution is 0.103. The van der Waals surface area contributed by atoms with Crippen molar-refractivity contribution < 1.29 is 9.90 Å². The molecule has 4 heteroatoms. The topological polar surface area (TPSA) is 42.2 Å². The van der Waals surface area contributed by atoms with E-state index in [1.54, 1.807) is 12.1 Å². The molecule has 2 aromatic carbocycles. The molecule has 0 saturated carbocycles. The summed E-state index contributed by atoms with van der Waals surface area (Å²) < 4.78 is 1.90. The van der Waals surface area contributed by atoms with E-state index in [-0.39, 0.29) is 11.5 Å². The van der Waals surface area contributed by atoms with Crippen LogP contribution in [0.15, 0.2) is 66.9 Å². The molecule has 0 unspecified atom stereocenters. The van der Waals surface area contributed by atoms with E-state index in [1.165, 1.54) is 0 Å². The van der Waals surface area contributed by atoms with E-state index in [0.29, 0.717) is 22.8 Å². The van der Waals surface area contributed by atoms with Crippen LogP contribution < -0.4 is 0 Å². The Morgan fingerprint density at radius 2 is 1.92 bits per heavy atom. The molecular weight excluding hydrogens is 334 g/mol. The highest BCUT2D eigenvalue weighted by atomic mass is 35.5. The van der Waals surface area contributed by atoms with E-state index >= 15 is 0 Å². The van der Waals surface area contributed by atoms with Gasteiger partial charge in [0.15, 0.2) is 0 Å². The van der Waals surface area contributed by atoms with Crippen molar-refractivity contribution in [2.75, 3.05) is 0 Å². The second-order valence-corrected chi connectivity index (χ2v) is 6.26. The maximum Gasteiger partial charge on any atom is 0.209 e. The van der Waals surface area contributed by atoms with Crippen LogP contribution in [0.1, 0.15) is 27.2 Å². The van der Waals surface area contributed by atoms with Gasteiger partial charge >= 0.3 is 0 Å². The van der Waals surface area contributed by atoms with E-state index in [0.717, 1.165) is 11.1 Å². The number of aromatic hydroxyl groups is 1. The van der Waals surface area contributed by atoms with Crippen LogP contribution in [0.4, 0.5) is 0 Å². The first-order chi connectivity index (χ1) is 12.0. The smallest absolute Gasteiger partial charge is 0.209 e. The lowest BCUT2D eigenvalue weighted by atomic mass is 10.1. The van der Waals surface area contributed by atoms with E-state index in [2.05, 4.69) is 0 Å². The predicted molar refractivity (Wildman–Crippen MR) is 101 cm³/mol. The summed E-state index contributed by atoms with van der Waals surface area (Å²) in [6.45, 7) is 2.56. The zero-order valence-electron chi connectivity index (χ0n) is 13.8. The van der Waals surface area contributed by atoms with E-state index in [4.69, 9.17) is 11.6 Å². The third-order valence-corrected chi connectivity index (χ3v) is 4.28. The Hall–Kier alpha value is -2.78. The molecule has 126 valence electrons. The highest BCUT2D eigenvalue weighted by Crippen LogP contribution is 2.24. The number of aryl methyl sites for hydroxylation is 1. The van der Waals surface area contributed by atoms with Gasteiger partial charge in [0, 0.05) is 18.3 Å². The number of hydrogen-bond acceptors (Lipinski definition) is 2. The lowest BCUT2D eigenvalue weighted by Gasteiger charge is -2.06. The third kappa shape index (κ3) is 4.01. The molecule has 1 heterocycles. The van der Waals surface area contributed by atoms with Crippen LogP contribution in [0.3, 0.4) is 0 Å². The lowest BCUT2D eigenvalue weighted by Crippen LogP contribution is -2.09. The van der Waals surface area contributed by atoms with Crippen molar-refractivity contribution in [3.63, 3.8) is 0 Å². The van der Waals surface area contributed by atoms with Gasteiger partial charge in [0.2, 0.25) is 5.78 Å². The van der Waals surface area contributed by atoms with Crippen molar-refractivity contribution in [2.24, 2.45) is 0 Å². The van der Waals surface area contributed by atoms with Gasteiger partial charge in [0.25, 0.3) is 0 Å². The minimum absolute atomic E-state index is 0.00235. The summed E-state index contributed by atoms with van der Waals surface area (Å²) in [5.74, 6) is 0.0579. The molecule has 3 nitrogen and oxygen atoms in total. The largest absolute Gasteiger partial charge is 0.506 e. The molecule has 0 bridgehead atoms. The summed E-state index contributed by atoms with van der Waals surface area (Å²) in [4.78, 5) is 12.7. The number of allylic oxidation sites excluding steroid dienone is 1. The van der Waals surface area contributed by atoms with Gasteiger partial charge < -0.3 is 9.67 Å². The fraction of sp³-hybridized carbons (Fsp3) is 0.0952. The SMILES string of the molecule is Cc1ccc(C(=O)c2cccn2C/C=C/c2ccc(Cl)c(O)c2)cc1. The number of carbonyl (C=O) groups is 1. The fourth-order valence-corrected chi connectivity index (χ4v) is 2.69. The van der Waals surface area contributed by atoms with E-state index < -0.39 is 0 Å². The molecule has 25 heavy (non-hydrogen) atoms. The standard InChI is InChI=1S/C21H18ClNO2/c1-15-6-9-17(10-7-15)21(25)19-5-3-13-23(19)12-2-4-16-8-11-18(22)20(24)14-16/h2-11,13-14,24H,12H2,1H3/b4-2+. The number of aromatic nitrogens is 1. The van der Waals surface area contributed by atoms with Crippen LogP contribution in [-0.2, 0) is 6.54 Å². The summed E-state index contributed by atoms with van der Waals surface area (Å²) in [6.07, 6.45) is 5.70. The minimum Gasteiger partial charge on any atom is -0.506 e. The molecule has 0 atom stereocenters. The number of hydrogen-bond donors (Lipinski definition) is 1. The molecule has 0 aliphatic rings. The molecule has 0 fully saturated rings. The molecule has 0 spiro atoms. The summed E-state index contributed by atoms with van der Waals surface area (Å²) >= 11 is 5.80. The highest BCUT2D eigenvalue weighted by Gasteiger charge is 2.12. The maximum absolute atomic E-state index is 12.7. The monoisotopic (exact) mass is 351 g/mol. The number of phenolic OH excluding ortho intramolecular Hbond substituents is 1. The second kappa shape index (κ2) is 7.41. The van der Waals surface area contributed by atoms with Crippen LogP contribution in [0.5, 0.6) is 5.75 Å². The Balaban J connectivity index is 1.75. The van der Waals surface area contributed by atoms with Gasteiger partial charge in [0.1, 0.15) is 5.75 Å². The number of benzene rings is 2. The van der Waals surface area contributed by atoms with Gasteiger partial charge in [-0.25, -0.2) is 0 Å². The normalized spacial score (nSPS) is 11.1. The van der Waals surface area contributed by atoms with Gasteiger partial charge in [0.05, 0.1) is 10.7 Å². The first-order valence-electron chi connectivity index (χ1n) is 7.96. The van der Waals surface area contributed by atoms with Gasteiger partial charge in [-0.2, -0.15) is 0 Å². The Bertz CT molecular complexity index is 923. The van der Waals surface area contributed by atoms with Crippen molar-refractivity contribution in [3.05, 3.63) is 94.3 Å².